The summed E-state index contributed by atoms with van der Waals surface area (Å²) in [5, 5.41) is 0. The van der Waals surface area contributed by atoms with Crippen LogP contribution in [0.2, 0.25) is 0 Å². The molecule has 0 spiro atoms. The fraction of sp³-hybridized carbons (Fsp3) is 0.545. The van der Waals surface area contributed by atoms with Crippen LogP contribution in [0.25, 0.3) is 0 Å². The number of amides is 1. The zero-order valence-electron chi connectivity index (χ0n) is 17.5. The van der Waals surface area contributed by atoms with Crippen LogP contribution in [0, 0.1) is 0 Å². The minimum Gasteiger partial charge on any atom is -0.497 e. The molecule has 1 amide bonds. The first-order valence-electron chi connectivity index (χ1n) is 10.5. The number of carbonyl (C=O) groups excluding carboxylic acids is 1. The molecule has 3 heterocycles. The first-order valence-corrected chi connectivity index (χ1v) is 10.5. The molecule has 0 N–H and O–H groups in total. The average Bonchev–Trinajstić information content (AvgIpc) is 3.22. The number of piperazine rings is 1. The summed E-state index contributed by atoms with van der Waals surface area (Å²) in [4.78, 5) is 24.4. The second-order valence-corrected chi connectivity index (χ2v) is 8.09. The molecule has 0 atom stereocenters. The highest BCUT2D eigenvalue weighted by Gasteiger charge is 2.29. The third-order valence-electron chi connectivity index (χ3n) is 6.20. The van der Waals surface area contributed by atoms with E-state index in [9.17, 15) is 4.79 Å². The Morgan fingerprint density at radius 3 is 2.62 bits per heavy atom. The van der Waals surface area contributed by atoms with Gasteiger partial charge >= 0.3 is 0 Å². The summed E-state index contributed by atoms with van der Waals surface area (Å²) in [5.41, 5.74) is 1.09. The number of aromatic nitrogens is 2. The van der Waals surface area contributed by atoms with E-state index in [2.05, 4.69) is 21.8 Å². The number of likely N-dealkylation sites (tertiary alicyclic amines) is 1. The highest BCUT2D eigenvalue weighted by molar-refractivity contribution is 5.91. The van der Waals surface area contributed by atoms with Gasteiger partial charge in [-0.3, -0.25) is 9.69 Å². The van der Waals surface area contributed by atoms with Crippen LogP contribution in [0.15, 0.2) is 36.7 Å². The average molecular weight is 398 g/mol. The number of hydrogen-bond donors (Lipinski definition) is 0. The Morgan fingerprint density at radius 2 is 1.90 bits per heavy atom. The van der Waals surface area contributed by atoms with Crippen LogP contribution in [0.5, 0.6) is 5.75 Å². The molecule has 7 nitrogen and oxygen atoms in total. The van der Waals surface area contributed by atoms with Gasteiger partial charge in [-0.1, -0.05) is 12.1 Å². The molecule has 0 radical (unpaired) electrons. The fourth-order valence-corrected chi connectivity index (χ4v) is 4.39. The SMILES string of the molecule is COc1cccc(Cn2ccnc2C(=O)N2CCN(C3CCN(C)CC3)CC2)c1. The standard InChI is InChI=1S/C22H31N5O2/c1-24-9-6-19(7-10-24)25-12-14-26(15-13-25)22(28)21-23-8-11-27(21)17-18-4-3-5-20(16-18)29-2/h3-5,8,11,16,19H,6-7,9-10,12-15,17H2,1-2H3. The number of piperidine rings is 1. The monoisotopic (exact) mass is 397 g/mol. The maximum absolute atomic E-state index is 13.1. The summed E-state index contributed by atoms with van der Waals surface area (Å²) in [6, 6.07) is 8.59. The van der Waals surface area contributed by atoms with E-state index in [1.54, 1.807) is 13.3 Å². The Balaban J connectivity index is 1.36. The topological polar surface area (TPSA) is 53.8 Å². The van der Waals surface area contributed by atoms with Crippen LogP contribution in [-0.4, -0.2) is 89.6 Å². The zero-order chi connectivity index (χ0) is 20.2. The third kappa shape index (κ3) is 4.62. The molecular formula is C22H31N5O2. The first-order chi connectivity index (χ1) is 14.1. The second-order valence-electron chi connectivity index (χ2n) is 8.09. The van der Waals surface area contributed by atoms with E-state index in [-0.39, 0.29) is 5.91 Å². The number of imidazole rings is 1. The van der Waals surface area contributed by atoms with E-state index in [4.69, 9.17) is 4.74 Å². The summed E-state index contributed by atoms with van der Waals surface area (Å²) >= 11 is 0. The molecule has 4 rings (SSSR count). The van der Waals surface area contributed by atoms with Gasteiger partial charge in [-0.2, -0.15) is 0 Å². The van der Waals surface area contributed by atoms with Crippen molar-refractivity contribution in [1.82, 2.24) is 24.3 Å². The summed E-state index contributed by atoms with van der Waals surface area (Å²) in [6.07, 6.45) is 6.05. The summed E-state index contributed by atoms with van der Waals surface area (Å²) in [6.45, 7) is 6.41. The maximum atomic E-state index is 13.1. The Morgan fingerprint density at radius 1 is 1.14 bits per heavy atom. The van der Waals surface area contributed by atoms with Crippen molar-refractivity contribution >= 4 is 5.91 Å². The van der Waals surface area contributed by atoms with Gasteiger partial charge in [0.25, 0.3) is 5.91 Å². The minimum absolute atomic E-state index is 0.0286. The lowest BCUT2D eigenvalue weighted by Crippen LogP contribution is -2.54. The molecule has 0 aliphatic carbocycles. The van der Waals surface area contributed by atoms with Gasteiger partial charge in [0.05, 0.1) is 7.11 Å². The van der Waals surface area contributed by atoms with Gasteiger partial charge in [-0.05, 0) is 50.7 Å². The molecule has 1 aromatic heterocycles. The van der Waals surface area contributed by atoms with Crippen LogP contribution >= 0.6 is 0 Å². The van der Waals surface area contributed by atoms with E-state index in [0.29, 0.717) is 18.4 Å². The number of nitrogens with zero attached hydrogens (tertiary/aromatic N) is 5. The molecule has 7 heteroatoms. The van der Waals surface area contributed by atoms with Gasteiger partial charge in [0.15, 0.2) is 5.82 Å². The second kappa shape index (κ2) is 8.97. The van der Waals surface area contributed by atoms with E-state index in [1.807, 2.05) is 39.9 Å². The molecule has 0 bridgehead atoms. The van der Waals surface area contributed by atoms with E-state index in [1.165, 1.54) is 25.9 Å². The Bertz CT molecular complexity index is 820. The van der Waals surface area contributed by atoms with Gasteiger partial charge in [0.1, 0.15) is 5.75 Å². The van der Waals surface area contributed by atoms with Crippen molar-refractivity contribution in [2.45, 2.75) is 25.4 Å². The van der Waals surface area contributed by atoms with Crippen molar-refractivity contribution in [2.24, 2.45) is 0 Å². The van der Waals surface area contributed by atoms with Crippen molar-refractivity contribution in [3.8, 4) is 5.75 Å². The Labute approximate surface area is 172 Å². The number of rotatable bonds is 5. The molecule has 2 saturated heterocycles. The molecule has 0 saturated carbocycles. The van der Waals surface area contributed by atoms with E-state index >= 15 is 0 Å². The number of carbonyl (C=O) groups is 1. The summed E-state index contributed by atoms with van der Waals surface area (Å²) < 4.78 is 7.24. The van der Waals surface area contributed by atoms with Crippen LogP contribution in [-0.2, 0) is 6.54 Å². The maximum Gasteiger partial charge on any atom is 0.289 e. The molecule has 0 unspecified atom stereocenters. The van der Waals surface area contributed by atoms with Crippen LogP contribution in [0.1, 0.15) is 29.0 Å². The number of methoxy groups -OCH3 is 1. The van der Waals surface area contributed by atoms with E-state index in [0.717, 1.165) is 37.5 Å². The summed E-state index contributed by atoms with van der Waals surface area (Å²) in [7, 11) is 3.86. The minimum atomic E-state index is 0.0286. The lowest BCUT2D eigenvalue weighted by atomic mass is 10.0. The molecule has 1 aromatic carbocycles. The lowest BCUT2D eigenvalue weighted by Gasteiger charge is -2.42. The van der Waals surface area contributed by atoms with Crippen molar-refractivity contribution in [2.75, 3.05) is 53.4 Å². The molecule has 156 valence electrons. The van der Waals surface area contributed by atoms with Gasteiger partial charge in [0.2, 0.25) is 0 Å². The molecular weight excluding hydrogens is 366 g/mol. The number of ether oxygens (including phenoxy) is 1. The summed E-state index contributed by atoms with van der Waals surface area (Å²) in [5.74, 6) is 1.36. The number of hydrogen-bond acceptors (Lipinski definition) is 5. The lowest BCUT2D eigenvalue weighted by molar-refractivity contribution is 0.0463. The predicted octanol–water partition coefficient (Wildman–Crippen LogP) is 1.79. The Kier molecular flexibility index (Phi) is 6.16. The first kappa shape index (κ1) is 19.9. The van der Waals surface area contributed by atoms with Gasteiger partial charge in [-0.15, -0.1) is 0 Å². The van der Waals surface area contributed by atoms with Gasteiger partial charge in [0, 0.05) is 51.2 Å². The fourth-order valence-electron chi connectivity index (χ4n) is 4.39. The van der Waals surface area contributed by atoms with Crippen molar-refractivity contribution in [3.05, 3.63) is 48.0 Å². The predicted molar refractivity (Wildman–Crippen MR) is 112 cm³/mol. The highest BCUT2D eigenvalue weighted by atomic mass is 16.5. The quantitative estimate of drug-likeness (QED) is 0.770. The normalized spacial score (nSPS) is 19.4. The Hall–Kier alpha value is -2.38. The van der Waals surface area contributed by atoms with Gasteiger partial charge < -0.3 is 19.1 Å². The van der Waals surface area contributed by atoms with Crippen molar-refractivity contribution in [3.63, 3.8) is 0 Å². The zero-order valence-corrected chi connectivity index (χ0v) is 17.5. The molecule has 2 fully saturated rings. The number of benzene rings is 1. The van der Waals surface area contributed by atoms with Crippen LogP contribution < -0.4 is 4.74 Å². The molecule has 2 aliphatic heterocycles. The largest absolute Gasteiger partial charge is 0.497 e. The van der Waals surface area contributed by atoms with Crippen molar-refractivity contribution in [1.29, 1.82) is 0 Å². The highest BCUT2D eigenvalue weighted by Crippen LogP contribution is 2.19. The molecule has 29 heavy (non-hydrogen) atoms. The van der Waals surface area contributed by atoms with E-state index < -0.39 is 0 Å². The van der Waals surface area contributed by atoms with Crippen LogP contribution in [0.3, 0.4) is 0 Å². The third-order valence-corrected chi connectivity index (χ3v) is 6.20. The molecule has 2 aromatic rings. The smallest absolute Gasteiger partial charge is 0.289 e. The van der Waals surface area contributed by atoms with Crippen molar-refractivity contribution < 1.29 is 9.53 Å². The van der Waals surface area contributed by atoms with Crippen LogP contribution in [0.4, 0.5) is 0 Å². The van der Waals surface area contributed by atoms with Gasteiger partial charge in [-0.25, -0.2) is 4.98 Å². The molecule has 2 aliphatic rings.